The summed E-state index contributed by atoms with van der Waals surface area (Å²) in [5.74, 6) is -1.33. The molecule has 8 heteroatoms. The van der Waals surface area contributed by atoms with Gasteiger partial charge in [-0.05, 0) is 41.5 Å². The Labute approximate surface area is 141 Å². The summed E-state index contributed by atoms with van der Waals surface area (Å²) in [7, 11) is 0. The first-order valence-corrected chi connectivity index (χ1v) is 7.87. The highest BCUT2D eigenvalue weighted by Gasteiger charge is 2.20. The molecule has 2 rings (SSSR count). The van der Waals surface area contributed by atoms with Crippen molar-refractivity contribution in [2.75, 3.05) is 5.32 Å². The number of carbonyl (C=O) groups is 2. The van der Waals surface area contributed by atoms with Gasteiger partial charge in [-0.1, -0.05) is 12.1 Å². The van der Waals surface area contributed by atoms with Crippen molar-refractivity contribution in [1.29, 1.82) is 0 Å². The highest BCUT2D eigenvalue weighted by molar-refractivity contribution is 7.08. The number of nitrogens with one attached hydrogen (secondary N) is 1. The molecule has 1 N–H and O–H groups in total. The molecular formula is C16H14N2O5S. The Morgan fingerprint density at radius 3 is 2.75 bits per heavy atom. The van der Waals surface area contributed by atoms with Crippen LogP contribution < -0.4 is 5.32 Å². The third kappa shape index (κ3) is 4.75. The van der Waals surface area contributed by atoms with Gasteiger partial charge >= 0.3 is 5.97 Å². The van der Waals surface area contributed by atoms with Gasteiger partial charge in [-0.2, -0.15) is 11.3 Å². The fraction of sp³-hybridized carbons (Fsp3) is 0.125. The summed E-state index contributed by atoms with van der Waals surface area (Å²) in [6.45, 7) is 1.39. The normalized spacial score (nSPS) is 11.9. The molecule has 7 nitrogen and oxygen atoms in total. The molecule has 0 fully saturated rings. The molecule has 1 aromatic heterocycles. The number of benzene rings is 1. The Hall–Kier alpha value is -3.00. The second-order valence-corrected chi connectivity index (χ2v) is 5.51. The van der Waals surface area contributed by atoms with Crippen LogP contribution in [0, 0.1) is 10.1 Å². The largest absolute Gasteiger partial charge is 0.449 e. The number of nitrogens with zero attached hydrogens (tertiary/aromatic N) is 1. The quantitative estimate of drug-likeness (QED) is 0.375. The van der Waals surface area contributed by atoms with Crippen molar-refractivity contribution >= 4 is 40.7 Å². The molecule has 0 aliphatic rings. The van der Waals surface area contributed by atoms with Crippen molar-refractivity contribution in [3.63, 3.8) is 0 Å². The molecule has 0 unspecified atom stereocenters. The van der Waals surface area contributed by atoms with Gasteiger partial charge in [-0.3, -0.25) is 14.9 Å². The van der Waals surface area contributed by atoms with E-state index in [9.17, 15) is 19.7 Å². The van der Waals surface area contributed by atoms with E-state index in [0.29, 0.717) is 0 Å². The topological polar surface area (TPSA) is 98.5 Å². The van der Waals surface area contributed by atoms with Crippen LogP contribution >= 0.6 is 11.3 Å². The van der Waals surface area contributed by atoms with Crippen LogP contribution in [-0.4, -0.2) is 22.9 Å². The van der Waals surface area contributed by atoms with Crippen molar-refractivity contribution in [2.24, 2.45) is 0 Å². The fourth-order valence-electron chi connectivity index (χ4n) is 1.77. The number of carbonyl (C=O) groups excluding carboxylic acids is 2. The number of anilines is 1. The molecule has 0 bridgehead atoms. The third-order valence-corrected chi connectivity index (χ3v) is 3.68. The van der Waals surface area contributed by atoms with Crippen molar-refractivity contribution in [3.05, 3.63) is 62.8 Å². The van der Waals surface area contributed by atoms with Crippen LogP contribution in [0.5, 0.6) is 0 Å². The van der Waals surface area contributed by atoms with Crippen LogP contribution in [0.25, 0.3) is 6.08 Å². The first-order valence-electron chi connectivity index (χ1n) is 6.92. The molecule has 0 aliphatic carbocycles. The lowest BCUT2D eigenvalue weighted by molar-refractivity contribution is -0.383. The number of thiophene rings is 1. The van der Waals surface area contributed by atoms with E-state index in [1.807, 2.05) is 16.8 Å². The number of para-hydroxylation sites is 2. The highest BCUT2D eigenvalue weighted by Crippen LogP contribution is 2.23. The van der Waals surface area contributed by atoms with Gasteiger partial charge in [0.05, 0.1) is 4.92 Å². The lowest BCUT2D eigenvalue weighted by Crippen LogP contribution is -2.29. The van der Waals surface area contributed by atoms with Gasteiger partial charge in [0, 0.05) is 12.1 Å². The fourth-order valence-corrected chi connectivity index (χ4v) is 2.40. The monoisotopic (exact) mass is 346 g/mol. The average molecular weight is 346 g/mol. The predicted molar refractivity (Wildman–Crippen MR) is 90.6 cm³/mol. The lowest BCUT2D eigenvalue weighted by atomic mass is 10.2. The zero-order valence-corrected chi connectivity index (χ0v) is 13.5. The van der Waals surface area contributed by atoms with Crippen LogP contribution in [0.3, 0.4) is 0 Å². The predicted octanol–water partition coefficient (Wildman–Crippen LogP) is 3.24. The van der Waals surface area contributed by atoms with E-state index in [1.54, 1.807) is 12.1 Å². The molecule has 1 heterocycles. The zero-order valence-electron chi connectivity index (χ0n) is 12.7. The van der Waals surface area contributed by atoms with Crippen LogP contribution in [0.1, 0.15) is 12.5 Å². The first-order chi connectivity index (χ1) is 11.5. The molecule has 0 saturated heterocycles. The number of nitro groups is 1. The minimum atomic E-state index is -1.09. The van der Waals surface area contributed by atoms with E-state index in [2.05, 4.69) is 5.32 Å². The van der Waals surface area contributed by atoms with Crippen molar-refractivity contribution in [2.45, 2.75) is 13.0 Å². The van der Waals surface area contributed by atoms with E-state index >= 15 is 0 Å². The summed E-state index contributed by atoms with van der Waals surface area (Å²) in [5.41, 5.74) is 0.667. The Morgan fingerprint density at radius 1 is 1.33 bits per heavy atom. The smallest absolute Gasteiger partial charge is 0.331 e. The van der Waals surface area contributed by atoms with Gasteiger partial charge in [0.2, 0.25) is 0 Å². The summed E-state index contributed by atoms with van der Waals surface area (Å²) in [6, 6.07) is 7.56. The first kappa shape index (κ1) is 17.4. The van der Waals surface area contributed by atoms with E-state index in [1.165, 1.54) is 42.5 Å². The van der Waals surface area contributed by atoms with E-state index in [-0.39, 0.29) is 11.4 Å². The maximum absolute atomic E-state index is 12.0. The molecule has 2 aromatic rings. The summed E-state index contributed by atoms with van der Waals surface area (Å²) in [6.07, 6.45) is 1.70. The Balaban J connectivity index is 1.95. The lowest BCUT2D eigenvalue weighted by Gasteiger charge is -2.12. The van der Waals surface area contributed by atoms with Gasteiger partial charge in [0.15, 0.2) is 6.10 Å². The van der Waals surface area contributed by atoms with Crippen LogP contribution in [0.2, 0.25) is 0 Å². The number of hydrogen-bond acceptors (Lipinski definition) is 6. The maximum atomic E-state index is 12.0. The standard InChI is InChI=1S/C16H14N2O5S/c1-11(23-15(19)7-6-12-8-9-24-10-12)16(20)17-13-4-2-3-5-14(13)18(21)22/h2-11H,1H3,(H,17,20)/b7-6+/t11-/m0/s1. The summed E-state index contributed by atoms with van der Waals surface area (Å²) in [5, 5.41) is 17.0. The summed E-state index contributed by atoms with van der Waals surface area (Å²) >= 11 is 1.49. The Kier molecular flexibility index (Phi) is 5.80. The minimum Gasteiger partial charge on any atom is -0.449 e. The van der Waals surface area contributed by atoms with Crippen molar-refractivity contribution in [1.82, 2.24) is 0 Å². The van der Waals surface area contributed by atoms with Gasteiger partial charge < -0.3 is 10.1 Å². The molecular weight excluding hydrogens is 332 g/mol. The minimum absolute atomic E-state index is 0.0456. The van der Waals surface area contributed by atoms with Crippen molar-refractivity contribution < 1.29 is 19.2 Å². The van der Waals surface area contributed by atoms with Crippen LogP contribution in [0.4, 0.5) is 11.4 Å². The SMILES string of the molecule is C[C@H](OC(=O)/C=C/c1ccsc1)C(=O)Nc1ccccc1[N+](=O)[O-]. The van der Waals surface area contributed by atoms with E-state index in [0.717, 1.165) is 5.56 Å². The summed E-state index contributed by atoms with van der Waals surface area (Å²) in [4.78, 5) is 34.0. The van der Waals surface area contributed by atoms with Gasteiger partial charge in [0.25, 0.3) is 11.6 Å². The maximum Gasteiger partial charge on any atom is 0.331 e. The van der Waals surface area contributed by atoms with Gasteiger partial charge in [-0.25, -0.2) is 4.79 Å². The molecule has 0 saturated carbocycles. The number of nitro benzene ring substituents is 1. The Bertz CT molecular complexity index is 771. The number of ether oxygens (including phenoxy) is 1. The molecule has 124 valence electrons. The molecule has 0 radical (unpaired) electrons. The van der Waals surface area contributed by atoms with Crippen molar-refractivity contribution in [3.8, 4) is 0 Å². The van der Waals surface area contributed by atoms with E-state index in [4.69, 9.17) is 4.74 Å². The number of rotatable bonds is 6. The number of amides is 1. The average Bonchev–Trinajstić information content (AvgIpc) is 3.06. The molecule has 0 spiro atoms. The second-order valence-electron chi connectivity index (χ2n) is 4.73. The Morgan fingerprint density at radius 2 is 2.08 bits per heavy atom. The molecule has 24 heavy (non-hydrogen) atoms. The number of esters is 1. The summed E-state index contributed by atoms with van der Waals surface area (Å²) < 4.78 is 4.98. The zero-order chi connectivity index (χ0) is 17.5. The second kappa shape index (κ2) is 8.02. The molecule has 1 atom stereocenters. The van der Waals surface area contributed by atoms with Gasteiger partial charge in [0.1, 0.15) is 5.69 Å². The molecule has 1 aromatic carbocycles. The van der Waals surface area contributed by atoms with Crippen LogP contribution in [0.15, 0.2) is 47.2 Å². The molecule has 1 amide bonds. The number of hydrogen-bond donors (Lipinski definition) is 1. The third-order valence-electron chi connectivity index (χ3n) is 2.98. The molecule has 0 aliphatic heterocycles. The van der Waals surface area contributed by atoms with Gasteiger partial charge in [-0.15, -0.1) is 0 Å². The van der Waals surface area contributed by atoms with E-state index < -0.39 is 22.9 Å². The van der Waals surface area contributed by atoms with Crippen LogP contribution in [-0.2, 0) is 14.3 Å². The highest BCUT2D eigenvalue weighted by atomic mass is 32.1.